The van der Waals surface area contributed by atoms with Crippen LogP contribution in [0.25, 0.3) is 0 Å². The van der Waals surface area contributed by atoms with Gasteiger partial charge in [-0.3, -0.25) is 4.79 Å². The standard InChI is InChI=1S/C17H22F3NO3S/c1-4-6-13(5-2)15(11-17(18,19)20)16(22)21-25(23,24)14-9-7-12(3)8-10-14/h7-11,13H,4-6H2,1-3H3,(H,21,22)/b15-11-. The van der Waals surface area contributed by atoms with E-state index >= 15 is 0 Å². The molecule has 25 heavy (non-hydrogen) atoms. The molecule has 1 N–H and O–H groups in total. The van der Waals surface area contributed by atoms with Gasteiger partial charge in [-0.05, 0) is 37.8 Å². The summed E-state index contributed by atoms with van der Waals surface area (Å²) in [7, 11) is -4.24. The molecular weight excluding hydrogens is 355 g/mol. The Labute approximate surface area is 146 Å². The predicted octanol–water partition coefficient (Wildman–Crippen LogP) is 4.11. The Hall–Kier alpha value is -1.83. The smallest absolute Gasteiger partial charge is 0.269 e. The molecule has 1 amide bonds. The van der Waals surface area contributed by atoms with Crippen LogP contribution in [-0.4, -0.2) is 20.5 Å². The normalized spacial score (nSPS) is 14.2. The Morgan fingerprint density at radius 3 is 2.20 bits per heavy atom. The second-order valence-electron chi connectivity index (χ2n) is 5.78. The maximum atomic E-state index is 12.8. The molecule has 0 heterocycles. The second kappa shape index (κ2) is 8.51. The third-order valence-corrected chi connectivity index (χ3v) is 5.06. The van der Waals surface area contributed by atoms with Crippen LogP contribution in [0.5, 0.6) is 0 Å². The van der Waals surface area contributed by atoms with Gasteiger partial charge in [0.15, 0.2) is 0 Å². The van der Waals surface area contributed by atoms with Gasteiger partial charge in [0.25, 0.3) is 15.9 Å². The van der Waals surface area contributed by atoms with E-state index in [0.717, 1.165) is 5.56 Å². The first-order valence-corrected chi connectivity index (χ1v) is 9.41. The van der Waals surface area contributed by atoms with Crippen LogP contribution in [0.15, 0.2) is 40.8 Å². The fraction of sp³-hybridized carbons (Fsp3) is 0.471. The summed E-state index contributed by atoms with van der Waals surface area (Å²) in [5.41, 5.74) is 0.254. The molecule has 0 spiro atoms. The van der Waals surface area contributed by atoms with Gasteiger partial charge >= 0.3 is 6.18 Å². The van der Waals surface area contributed by atoms with E-state index in [2.05, 4.69) is 0 Å². The highest BCUT2D eigenvalue weighted by atomic mass is 32.2. The molecule has 0 fully saturated rings. The van der Waals surface area contributed by atoms with Crippen molar-refractivity contribution in [1.29, 1.82) is 0 Å². The number of halogens is 3. The number of alkyl halides is 3. The summed E-state index contributed by atoms with van der Waals surface area (Å²) in [5, 5.41) is 0. The molecule has 140 valence electrons. The van der Waals surface area contributed by atoms with Crippen molar-refractivity contribution in [3.8, 4) is 0 Å². The topological polar surface area (TPSA) is 63.2 Å². The molecular formula is C17H22F3NO3S. The van der Waals surface area contributed by atoms with Crippen molar-refractivity contribution >= 4 is 15.9 Å². The zero-order valence-electron chi connectivity index (χ0n) is 14.4. The lowest BCUT2D eigenvalue weighted by Crippen LogP contribution is -2.34. The average molecular weight is 377 g/mol. The lowest BCUT2D eigenvalue weighted by molar-refractivity contribution is -0.117. The van der Waals surface area contributed by atoms with E-state index in [4.69, 9.17) is 0 Å². The van der Waals surface area contributed by atoms with Gasteiger partial charge in [-0.25, -0.2) is 13.1 Å². The number of benzene rings is 1. The summed E-state index contributed by atoms with van der Waals surface area (Å²) in [6, 6.07) is 5.66. The molecule has 4 nitrogen and oxygen atoms in total. The number of carbonyl (C=O) groups is 1. The highest BCUT2D eigenvalue weighted by Gasteiger charge is 2.31. The van der Waals surface area contributed by atoms with Gasteiger partial charge < -0.3 is 0 Å². The minimum Gasteiger partial charge on any atom is -0.269 e. The monoisotopic (exact) mass is 377 g/mol. The summed E-state index contributed by atoms with van der Waals surface area (Å²) in [6.45, 7) is 5.21. The van der Waals surface area contributed by atoms with Crippen LogP contribution in [-0.2, 0) is 14.8 Å². The van der Waals surface area contributed by atoms with Crippen LogP contribution >= 0.6 is 0 Å². The molecule has 1 atom stereocenters. The summed E-state index contributed by atoms with van der Waals surface area (Å²) in [5.74, 6) is -1.90. The SMILES string of the molecule is CCCC(CC)/C(=C/C(F)(F)F)C(=O)NS(=O)(=O)c1ccc(C)cc1. The Bertz CT molecular complexity index is 723. The van der Waals surface area contributed by atoms with Crippen molar-refractivity contribution in [2.24, 2.45) is 5.92 Å². The fourth-order valence-electron chi connectivity index (χ4n) is 2.43. The highest BCUT2D eigenvalue weighted by Crippen LogP contribution is 2.27. The number of amides is 1. The van der Waals surface area contributed by atoms with Crippen LogP contribution in [0, 0.1) is 12.8 Å². The number of hydrogen-bond donors (Lipinski definition) is 1. The first-order valence-electron chi connectivity index (χ1n) is 7.93. The molecule has 0 bridgehead atoms. The lowest BCUT2D eigenvalue weighted by Gasteiger charge is -2.19. The maximum absolute atomic E-state index is 12.8. The zero-order chi connectivity index (χ0) is 19.3. The Morgan fingerprint density at radius 1 is 1.20 bits per heavy atom. The van der Waals surface area contributed by atoms with Crippen LogP contribution in [0.3, 0.4) is 0 Å². The van der Waals surface area contributed by atoms with Crippen molar-refractivity contribution in [2.45, 2.75) is 51.1 Å². The van der Waals surface area contributed by atoms with Gasteiger partial charge in [-0.2, -0.15) is 13.2 Å². The first-order chi connectivity index (χ1) is 11.5. The third-order valence-electron chi connectivity index (χ3n) is 3.71. The van der Waals surface area contributed by atoms with Crippen molar-refractivity contribution < 1.29 is 26.4 Å². The summed E-state index contributed by atoms with van der Waals surface area (Å²) < 4.78 is 64.6. The van der Waals surface area contributed by atoms with Gasteiger partial charge in [0.2, 0.25) is 0 Å². The molecule has 0 saturated heterocycles. The number of sulfonamides is 1. The molecule has 0 radical (unpaired) electrons. The van der Waals surface area contributed by atoms with Crippen LogP contribution in [0.4, 0.5) is 13.2 Å². The van der Waals surface area contributed by atoms with Gasteiger partial charge in [0, 0.05) is 11.6 Å². The summed E-state index contributed by atoms with van der Waals surface area (Å²) >= 11 is 0. The molecule has 1 aromatic carbocycles. The highest BCUT2D eigenvalue weighted by molar-refractivity contribution is 7.90. The molecule has 0 aromatic heterocycles. The van der Waals surface area contributed by atoms with E-state index < -0.39 is 33.6 Å². The average Bonchev–Trinajstić information content (AvgIpc) is 2.49. The number of hydrogen-bond acceptors (Lipinski definition) is 3. The molecule has 1 unspecified atom stereocenters. The summed E-state index contributed by atoms with van der Waals surface area (Å²) in [4.78, 5) is 12.1. The van der Waals surface area contributed by atoms with Crippen molar-refractivity contribution in [3.63, 3.8) is 0 Å². The molecule has 0 aliphatic carbocycles. The van der Waals surface area contributed by atoms with Gasteiger partial charge in [0.05, 0.1) is 4.90 Å². The number of nitrogens with one attached hydrogen (secondary N) is 1. The first kappa shape index (κ1) is 21.2. The lowest BCUT2D eigenvalue weighted by atomic mass is 9.91. The Kier molecular flexibility index (Phi) is 7.22. The minimum atomic E-state index is -4.71. The van der Waals surface area contributed by atoms with Gasteiger partial charge in [-0.1, -0.05) is 38.0 Å². The van der Waals surface area contributed by atoms with Crippen molar-refractivity contribution in [3.05, 3.63) is 41.5 Å². The van der Waals surface area contributed by atoms with Crippen molar-refractivity contribution in [1.82, 2.24) is 4.72 Å². The maximum Gasteiger partial charge on any atom is 0.410 e. The van der Waals surface area contributed by atoms with Crippen LogP contribution in [0.2, 0.25) is 0 Å². The Morgan fingerprint density at radius 2 is 1.76 bits per heavy atom. The molecule has 8 heteroatoms. The van der Waals surface area contributed by atoms with E-state index in [1.54, 1.807) is 25.5 Å². The van der Waals surface area contributed by atoms with Gasteiger partial charge in [-0.15, -0.1) is 0 Å². The third kappa shape index (κ3) is 6.53. The van der Waals surface area contributed by atoms with E-state index in [9.17, 15) is 26.4 Å². The predicted molar refractivity (Wildman–Crippen MR) is 89.3 cm³/mol. The van der Waals surface area contributed by atoms with E-state index in [-0.39, 0.29) is 11.0 Å². The van der Waals surface area contributed by atoms with Crippen LogP contribution < -0.4 is 4.72 Å². The largest absolute Gasteiger partial charge is 0.410 e. The quantitative estimate of drug-likeness (QED) is 0.727. The molecule has 0 aliphatic heterocycles. The molecule has 0 aliphatic rings. The number of rotatable bonds is 7. The molecule has 1 rings (SSSR count). The Balaban J connectivity index is 3.17. The molecule has 0 saturated carbocycles. The number of aryl methyl sites for hydroxylation is 1. The minimum absolute atomic E-state index is 0.100. The second-order valence-corrected chi connectivity index (χ2v) is 7.47. The fourth-order valence-corrected chi connectivity index (χ4v) is 3.40. The van der Waals surface area contributed by atoms with E-state index in [0.29, 0.717) is 19.3 Å². The van der Waals surface area contributed by atoms with E-state index in [1.807, 2.05) is 0 Å². The number of allylic oxidation sites excluding steroid dienone is 1. The van der Waals surface area contributed by atoms with E-state index in [1.165, 1.54) is 24.3 Å². The number of carbonyl (C=O) groups excluding carboxylic acids is 1. The molecule has 1 aromatic rings. The summed E-state index contributed by atoms with van der Waals surface area (Å²) in [6.07, 6.45) is -3.58. The zero-order valence-corrected chi connectivity index (χ0v) is 15.2. The van der Waals surface area contributed by atoms with Gasteiger partial charge in [0.1, 0.15) is 0 Å². The van der Waals surface area contributed by atoms with Crippen molar-refractivity contribution in [2.75, 3.05) is 0 Å². The van der Waals surface area contributed by atoms with Crippen LogP contribution in [0.1, 0.15) is 38.7 Å².